The Bertz CT molecular complexity index is 4200. The van der Waals surface area contributed by atoms with Gasteiger partial charge in [-0.15, -0.1) is 0 Å². The van der Waals surface area contributed by atoms with Crippen molar-refractivity contribution in [2.75, 3.05) is 4.90 Å². The normalized spacial score (nSPS) is 11.9. The standard InChI is InChI=1S/C77H51N5O8/c1-50-10-12-52(13-11-50)43-68(58-8-6-5-7-9-58)63-34-40-67(41-35-63)82(65-36-22-53(23-37-65)44-69(59-26-14-51(15-27-59)42-64(49-78)74(83)84)60-28-16-55(17-29-60)46-71(79-2)75(85)86)66-38-24-54(25-39-66)45-70(61-30-18-56(19-31-61)47-72(80-3)76(87)88)62-32-20-57(21-33-62)48-73(81-4)77(89)90/h5-48H,1H3,(H,83,84)(H,85,86)(H,87,88)(H,89,90). The summed E-state index contributed by atoms with van der Waals surface area (Å²) in [5.74, 6) is -5.36. The Balaban J connectivity index is 1.15. The van der Waals surface area contributed by atoms with Crippen LogP contribution >= 0.6 is 0 Å². The third-order valence-electron chi connectivity index (χ3n) is 14.3. The van der Waals surface area contributed by atoms with Gasteiger partial charge in [-0.05, 0) is 175 Å². The van der Waals surface area contributed by atoms with Crippen LogP contribution in [0.25, 0.3) is 73.8 Å². The lowest BCUT2D eigenvalue weighted by Gasteiger charge is -2.26. The van der Waals surface area contributed by atoms with E-state index in [-0.39, 0.29) is 0 Å². The average molecular weight is 1170 g/mol. The van der Waals surface area contributed by atoms with E-state index in [2.05, 4.69) is 93.1 Å². The number of rotatable bonds is 20. The Kier molecular flexibility index (Phi) is 19.5. The minimum absolute atomic E-state index is 0.417. The van der Waals surface area contributed by atoms with Crippen LogP contribution in [0.5, 0.6) is 0 Å². The zero-order valence-corrected chi connectivity index (χ0v) is 48.1. The fourth-order valence-corrected chi connectivity index (χ4v) is 9.70. The Labute approximate surface area is 519 Å². The molecule has 0 radical (unpaired) electrons. The molecule has 0 aliphatic heterocycles. The molecule has 4 N–H and O–H groups in total. The zero-order valence-electron chi connectivity index (χ0n) is 48.1. The average Bonchev–Trinajstić information content (AvgIpc) is 1.18. The van der Waals surface area contributed by atoms with Crippen LogP contribution in [-0.2, 0) is 19.2 Å². The summed E-state index contributed by atoms with van der Waals surface area (Å²) in [7, 11) is 0. The Morgan fingerprint density at radius 2 is 0.589 bits per heavy atom. The van der Waals surface area contributed by atoms with E-state index in [0.717, 1.165) is 89.4 Å². The molecule has 0 unspecified atom stereocenters. The second-order valence-corrected chi connectivity index (χ2v) is 20.3. The van der Waals surface area contributed by atoms with Crippen LogP contribution in [0.4, 0.5) is 17.1 Å². The maximum Gasteiger partial charge on any atom is 0.346 e. The number of carbonyl (C=O) groups is 4. The molecule has 9 aromatic rings. The predicted molar refractivity (Wildman–Crippen MR) is 353 cm³/mol. The number of carboxylic acids is 4. The second-order valence-electron chi connectivity index (χ2n) is 20.3. The molecule has 0 fully saturated rings. The summed E-state index contributed by atoms with van der Waals surface area (Å²) in [4.78, 5) is 58.3. The van der Waals surface area contributed by atoms with Crippen LogP contribution in [0.3, 0.4) is 0 Å². The van der Waals surface area contributed by atoms with E-state index in [1.807, 2.05) is 127 Å². The summed E-state index contributed by atoms with van der Waals surface area (Å²) in [5.41, 5.74) is 14.3. The van der Waals surface area contributed by atoms with Gasteiger partial charge in [-0.1, -0.05) is 194 Å². The maximum atomic E-state index is 11.7. The van der Waals surface area contributed by atoms with Gasteiger partial charge in [0.15, 0.2) is 0 Å². The lowest BCUT2D eigenvalue weighted by Crippen LogP contribution is -2.10. The van der Waals surface area contributed by atoms with Gasteiger partial charge in [-0.3, -0.25) is 14.4 Å². The quantitative estimate of drug-likeness (QED) is 0.0247. The minimum Gasteiger partial charge on any atom is -0.486 e. The maximum absolute atomic E-state index is 11.7. The van der Waals surface area contributed by atoms with Crippen LogP contribution in [0, 0.1) is 38.0 Å². The number of aryl methyl sites for hydroxylation is 1. The van der Waals surface area contributed by atoms with Crippen molar-refractivity contribution in [3.63, 3.8) is 0 Å². The number of benzene rings is 9. The summed E-state index contributed by atoms with van der Waals surface area (Å²) in [6, 6.07) is 73.0. The largest absolute Gasteiger partial charge is 0.486 e. The molecule has 9 rings (SSSR count). The zero-order chi connectivity index (χ0) is 63.7. The summed E-state index contributed by atoms with van der Waals surface area (Å²) in [6.07, 6.45) is 11.4. The topological polar surface area (TPSA) is 189 Å². The highest BCUT2D eigenvalue weighted by Gasteiger charge is 2.17. The highest BCUT2D eigenvalue weighted by molar-refractivity contribution is 5.99. The Morgan fingerprint density at radius 3 is 0.867 bits per heavy atom. The van der Waals surface area contributed by atoms with Crippen molar-refractivity contribution in [1.29, 1.82) is 5.26 Å². The lowest BCUT2D eigenvalue weighted by molar-refractivity contribution is -0.133. The fraction of sp³-hybridized carbons (Fsp3) is 0.0130. The van der Waals surface area contributed by atoms with Crippen LogP contribution in [0.15, 0.2) is 247 Å². The van der Waals surface area contributed by atoms with E-state index in [1.165, 1.54) is 24.3 Å². The summed E-state index contributed by atoms with van der Waals surface area (Å²) < 4.78 is 0. The summed E-state index contributed by atoms with van der Waals surface area (Å²) in [6.45, 7) is 24.1. The van der Waals surface area contributed by atoms with E-state index in [4.69, 9.17) is 19.7 Å². The SMILES string of the molecule is [C-]#[N+]C(=Cc1ccc(C(=Cc2ccc(N(c3ccc(C=C(c4ccc(C=C([N+]#[C-])C(=O)O)cc4)c4ccc(C=C([N+]#[C-])C(=O)O)cc4)cc3)c3ccc(C(=Cc4ccc(C)cc4)c4ccccc4)cc3)cc2)c2ccc(C=C(C#N)C(=O)O)cc2)cc1)C(=O)O. The highest BCUT2D eigenvalue weighted by atomic mass is 16.4. The molecular formula is C77H51N5O8. The fourth-order valence-electron chi connectivity index (χ4n) is 9.70. The van der Waals surface area contributed by atoms with Crippen molar-refractivity contribution in [2.45, 2.75) is 6.92 Å². The molecule has 13 nitrogen and oxygen atoms in total. The predicted octanol–water partition coefficient (Wildman–Crippen LogP) is 17.3. The van der Waals surface area contributed by atoms with Gasteiger partial charge in [0.25, 0.3) is 17.1 Å². The van der Waals surface area contributed by atoms with Crippen LogP contribution in [0.1, 0.15) is 77.9 Å². The third-order valence-corrected chi connectivity index (χ3v) is 14.3. The third kappa shape index (κ3) is 15.4. The molecule has 0 aliphatic carbocycles. The molecule has 0 saturated heterocycles. The summed E-state index contributed by atoms with van der Waals surface area (Å²) >= 11 is 0. The number of hydrogen-bond donors (Lipinski definition) is 4. The molecule has 0 saturated carbocycles. The number of aliphatic carboxylic acids is 4. The number of hydrogen-bond acceptors (Lipinski definition) is 6. The number of anilines is 3. The molecule has 13 heteroatoms. The van der Waals surface area contributed by atoms with Gasteiger partial charge < -0.3 is 25.3 Å². The van der Waals surface area contributed by atoms with Crippen molar-refractivity contribution in [3.8, 4) is 6.07 Å². The Morgan fingerprint density at radius 1 is 0.344 bits per heavy atom. The van der Waals surface area contributed by atoms with Gasteiger partial charge in [0.2, 0.25) is 0 Å². The number of nitrogens with zero attached hydrogens (tertiary/aromatic N) is 5. The van der Waals surface area contributed by atoms with Crippen molar-refractivity contribution >= 4 is 100 Å². The van der Waals surface area contributed by atoms with Gasteiger partial charge in [-0.25, -0.2) is 19.3 Å². The van der Waals surface area contributed by atoms with E-state index in [9.17, 15) is 44.9 Å². The second kappa shape index (κ2) is 28.6. The number of nitriles is 1. The molecule has 90 heavy (non-hydrogen) atoms. The van der Waals surface area contributed by atoms with Gasteiger partial charge >= 0.3 is 23.9 Å². The molecular weight excluding hydrogens is 1120 g/mol. The van der Waals surface area contributed by atoms with Gasteiger partial charge in [0.05, 0.1) is 19.7 Å². The van der Waals surface area contributed by atoms with Crippen molar-refractivity contribution in [3.05, 3.63) is 359 Å². The van der Waals surface area contributed by atoms with Crippen molar-refractivity contribution in [2.24, 2.45) is 0 Å². The first-order chi connectivity index (χ1) is 43.6. The molecule has 0 amide bonds. The van der Waals surface area contributed by atoms with Crippen LogP contribution in [-0.4, -0.2) is 44.3 Å². The lowest BCUT2D eigenvalue weighted by atomic mass is 9.93. The first kappa shape index (κ1) is 61.4. The van der Waals surface area contributed by atoms with Crippen LogP contribution < -0.4 is 4.90 Å². The van der Waals surface area contributed by atoms with E-state index in [1.54, 1.807) is 54.6 Å². The van der Waals surface area contributed by atoms with Crippen molar-refractivity contribution < 1.29 is 39.6 Å². The molecule has 432 valence electrons. The number of carboxylic acid groups (broad SMARTS) is 4. The monoisotopic (exact) mass is 1170 g/mol. The first-order valence-corrected chi connectivity index (χ1v) is 27.7. The first-order valence-electron chi connectivity index (χ1n) is 27.7. The molecule has 0 heterocycles. The van der Waals surface area contributed by atoms with E-state index < -0.39 is 46.5 Å². The molecule has 9 aromatic carbocycles. The van der Waals surface area contributed by atoms with E-state index in [0.29, 0.717) is 22.3 Å². The van der Waals surface area contributed by atoms with Crippen LogP contribution in [0.2, 0.25) is 0 Å². The molecule has 0 aromatic heterocycles. The van der Waals surface area contributed by atoms with Crippen molar-refractivity contribution in [1.82, 2.24) is 0 Å². The molecule has 0 aliphatic rings. The minimum atomic E-state index is -1.34. The van der Waals surface area contributed by atoms with Gasteiger partial charge in [0, 0.05) is 17.1 Å². The van der Waals surface area contributed by atoms with E-state index >= 15 is 0 Å². The highest BCUT2D eigenvalue weighted by Crippen LogP contribution is 2.38. The molecule has 0 bridgehead atoms. The molecule has 0 spiro atoms. The van der Waals surface area contributed by atoms with Gasteiger partial charge in [0.1, 0.15) is 11.6 Å². The van der Waals surface area contributed by atoms with Gasteiger partial charge in [-0.2, -0.15) is 5.26 Å². The summed E-state index contributed by atoms with van der Waals surface area (Å²) in [5, 5.41) is 47.5. The Hall–Kier alpha value is -13.2. The molecule has 0 atom stereocenters. The smallest absolute Gasteiger partial charge is 0.346 e.